The highest BCUT2D eigenvalue weighted by molar-refractivity contribution is 5.94. The Kier molecular flexibility index (Phi) is 4.36. The summed E-state index contributed by atoms with van der Waals surface area (Å²) >= 11 is 0. The number of benzene rings is 1. The number of carbonyl (C=O) groups is 1. The van der Waals surface area contributed by atoms with Crippen LogP contribution in [0.1, 0.15) is 48.0 Å². The van der Waals surface area contributed by atoms with Crippen LogP contribution >= 0.6 is 0 Å². The van der Waals surface area contributed by atoms with Crippen molar-refractivity contribution in [3.8, 4) is 11.1 Å². The van der Waals surface area contributed by atoms with Gasteiger partial charge in [-0.1, -0.05) is 24.3 Å². The van der Waals surface area contributed by atoms with Crippen LogP contribution < -0.4 is 5.73 Å². The maximum absolute atomic E-state index is 13.5. The minimum absolute atomic E-state index is 0.00178. The van der Waals surface area contributed by atoms with E-state index in [1.807, 2.05) is 12.1 Å². The van der Waals surface area contributed by atoms with Gasteiger partial charge in [-0.3, -0.25) is 4.90 Å². The fraction of sp³-hybridized carbons (Fsp3) is 0.478. The number of alkyl halides is 2. The second kappa shape index (κ2) is 6.74. The number of fused-ring (bicyclic) bond motifs is 1. The molecule has 2 aliphatic carbocycles. The number of rotatable bonds is 4. The van der Waals surface area contributed by atoms with Crippen LogP contribution in [0.25, 0.3) is 11.1 Å². The molecular formula is C23H25F2N3O2. The zero-order valence-corrected chi connectivity index (χ0v) is 16.7. The number of halogens is 2. The van der Waals surface area contributed by atoms with E-state index in [2.05, 4.69) is 22.0 Å². The number of anilines is 1. The molecule has 1 aliphatic heterocycles. The normalized spacial score (nSPS) is 28.3. The number of pyridine rings is 1. The lowest BCUT2D eigenvalue weighted by Crippen LogP contribution is -2.41. The molecule has 30 heavy (non-hydrogen) atoms. The lowest BCUT2D eigenvalue weighted by atomic mass is 9.90. The zero-order chi connectivity index (χ0) is 21.1. The van der Waals surface area contributed by atoms with Gasteiger partial charge in [0.25, 0.3) is 0 Å². The molecule has 1 aromatic carbocycles. The van der Waals surface area contributed by atoms with Crippen molar-refractivity contribution in [1.29, 1.82) is 0 Å². The third-order valence-corrected chi connectivity index (χ3v) is 7.32. The van der Waals surface area contributed by atoms with Crippen LogP contribution in [0.3, 0.4) is 0 Å². The second-order valence-electron chi connectivity index (χ2n) is 9.11. The topological polar surface area (TPSA) is 79.5 Å². The summed E-state index contributed by atoms with van der Waals surface area (Å²) in [7, 11) is 0. The van der Waals surface area contributed by atoms with Crippen LogP contribution in [0.5, 0.6) is 0 Å². The van der Waals surface area contributed by atoms with E-state index >= 15 is 0 Å². The van der Waals surface area contributed by atoms with Crippen LogP contribution in [0, 0.1) is 5.92 Å². The predicted molar refractivity (Wildman–Crippen MR) is 110 cm³/mol. The molecule has 2 saturated carbocycles. The van der Waals surface area contributed by atoms with Gasteiger partial charge in [0.05, 0.1) is 0 Å². The Morgan fingerprint density at radius 1 is 1.17 bits per heavy atom. The summed E-state index contributed by atoms with van der Waals surface area (Å²) in [6.07, 6.45) is 3.93. The average Bonchev–Trinajstić information content (AvgIpc) is 3.29. The van der Waals surface area contributed by atoms with Crippen LogP contribution in [-0.4, -0.2) is 46.0 Å². The first-order valence-corrected chi connectivity index (χ1v) is 10.5. The highest BCUT2D eigenvalue weighted by Gasteiger charge is 2.61. The number of nitrogen functional groups attached to an aromatic ring is 1. The van der Waals surface area contributed by atoms with Crippen molar-refractivity contribution in [2.45, 2.75) is 49.5 Å². The van der Waals surface area contributed by atoms with E-state index in [9.17, 15) is 18.7 Å². The standard InChI is InChI=1S/C23H25F2N3O2/c24-23(25)7-5-18(6-8-23)28-12-17-10-22(17,13-28)16-3-1-14(2-4-16)15-9-19(21(29)30)20(26)27-11-15/h1-4,9,11,17-18H,5-8,10,12-13H2,(H2,26,27)(H,29,30)/t17-,22+/m1/s1. The summed E-state index contributed by atoms with van der Waals surface area (Å²) in [6.45, 7) is 1.95. The molecule has 158 valence electrons. The Morgan fingerprint density at radius 2 is 1.87 bits per heavy atom. The van der Waals surface area contributed by atoms with Gasteiger partial charge >= 0.3 is 5.97 Å². The zero-order valence-electron chi connectivity index (χ0n) is 16.7. The third kappa shape index (κ3) is 3.25. The summed E-state index contributed by atoms with van der Waals surface area (Å²) in [4.78, 5) is 17.7. The fourth-order valence-corrected chi connectivity index (χ4v) is 5.44. The number of carboxylic acids is 1. The smallest absolute Gasteiger partial charge is 0.339 e. The van der Waals surface area contributed by atoms with Crippen molar-refractivity contribution in [2.75, 3.05) is 18.8 Å². The van der Waals surface area contributed by atoms with Crippen molar-refractivity contribution >= 4 is 11.8 Å². The van der Waals surface area contributed by atoms with Gasteiger partial charge in [-0.05, 0) is 42.4 Å². The molecule has 3 aliphatic rings. The molecule has 7 heteroatoms. The molecule has 0 radical (unpaired) electrons. The van der Waals surface area contributed by atoms with Gasteiger partial charge < -0.3 is 10.8 Å². The molecule has 0 unspecified atom stereocenters. The molecule has 3 N–H and O–H groups in total. The second-order valence-corrected chi connectivity index (χ2v) is 9.11. The number of carboxylic acid groups (broad SMARTS) is 1. The van der Waals surface area contributed by atoms with Gasteiger partial charge in [0.2, 0.25) is 5.92 Å². The molecule has 5 rings (SSSR count). The summed E-state index contributed by atoms with van der Waals surface area (Å²) < 4.78 is 27.0. The third-order valence-electron chi connectivity index (χ3n) is 7.32. The van der Waals surface area contributed by atoms with Gasteiger partial charge in [0, 0.05) is 49.1 Å². The van der Waals surface area contributed by atoms with E-state index in [1.54, 1.807) is 12.3 Å². The molecular weight excluding hydrogens is 388 g/mol. The highest BCUT2D eigenvalue weighted by Crippen LogP contribution is 2.60. The van der Waals surface area contributed by atoms with Crippen LogP contribution in [-0.2, 0) is 5.41 Å². The first-order valence-electron chi connectivity index (χ1n) is 10.5. The first kappa shape index (κ1) is 19.4. The Balaban J connectivity index is 1.31. The molecule has 0 spiro atoms. The molecule has 1 aromatic heterocycles. The minimum atomic E-state index is -2.48. The van der Waals surface area contributed by atoms with Crippen molar-refractivity contribution in [3.05, 3.63) is 47.7 Å². The van der Waals surface area contributed by atoms with Crippen LogP contribution in [0.4, 0.5) is 14.6 Å². The molecule has 0 amide bonds. The number of hydrogen-bond donors (Lipinski definition) is 2. The van der Waals surface area contributed by atoms with Gasteiger partial charge in [0.15, 0.2) is 0 Å². The lowest BCUT2D eigenvalue weighted by molar-refractivity contribution is -0.0526. The average molecular weight is 413 g/mol. The molecule has 2 atom stereocenters. The number of nitrogens with two attached hydrogens (primary N) is 1. The molecule has 3 fully saturated rings. The Bertz CT molecular complexity index is 984. The Hall–Kier alpha value is -2.54. The number of aromatic nitrogens is 1. The Labute approximate surface area is 173 Å². The highest BCUT2D eigenvalue weighted by atomic mass is 19.3. The molecule has 2 aromatic rings. The number of aromatic carboxylic acids is 1. The predicted octanol–water partition coefficient (Wildman–Crippen LogP) is 4.18. The minimum Gasteiger partial charge on any atom is -0.478 e. The van der Waals surface area contributed by atoms with E-state index in [4.69, 9.17) is 5.73 Å². The van der Waals surface area contributed by atoms with E-state index in [1.165, 1.54) is 5.56 Å². The maximum Gasteiger partial charge on any atom is 0.339 e. The quantitative estimate of drug-likeness (QED) is 0.786. The van der Waals surface area contributed by atoms with Crippen LogP contribution in [0.15, 0.2) is 36.5 Å². The lowest BCUT2D eigenvalue weighted by Gasteiger charge is -2.36. The number of piperidine rings is 1. The van der Waals surface area contributed by atoms with Crippen molar-refractivity contribution in [2.24, 2.45) is 5.92 Å². The van der Waals surface area contributed by atoms with E-state index in [0.717, 1.165) is 25.1 Å². The van der Waals surface area contributed by atoms with Gasteiger partial charge in [-0.2, -0.15) is 0 Å². The van der Waals surface area contributed by atoms with Crippen molar-refractivity contribution in [1.82, 2.24) is 9.88 Å². The summed E-state index contributed by atoms with van der Waals surface area (Å²) in [6, 6.07) is 10.1. The maximum atomic E-state index is 13.5. The Morgan fingerprint density at radius 3 is 2.53 bits per heavy atom. The molecule has 2 heterocycles. The number of likely N-dealkylation sites (tertiary alicyclic amines) is 1. The summed E-state index contributed by atoms with van der Waals surface area (Å²) in [5, 5.41) is 9.26. The SMILES string of the molecule is Nc1ncc(-c2ccc([C@@]34C[C@@H]3CN(C3CCC(F)(F)CC3)C4)cc2)cc1C(=O)O. The van der Waals surface area contributed by atoms with E-state index in [0.29, 0.717) is 24.3 Å². The largest absolute Gasteiger partial charge is 0.478 e. The fourth-order valence-electron chi connectivity index (χ4n) is 5.44. The van der Waals surface area contributed by atoms with Gasteiger partial charge in [-0.15, -0.1) is 0 Å². The number of hydrogen-bond acceptors (Lipinski definition) is 4. The van der Waals surface area contributed by atoms with E-state index < -0.39 is 11.9 Å². The summed E-state index contributed by atoms with van der Waals surface area (Å²) in [5.74, 6) is -2.97. The van der Waals surface area contributed by atoms with E-state index in [-0.39, 0.29) is 35.7 Å². The molecule has 5 nitrogen and oxygen atoms in total. The van der Waals surface area contributed by atoms with Crippen LogP contribution in [0.2, 0.25) is 0 Å². The monoisotopic (exact) mass is 413 g/mol. The van der Waals surface area contributed by atoms with Crippen molar-refractivity contribution < 1.29 is 18.7 Å². The molecule has 0 bridgehead atoms. The van der Waals surface area contributed by atoms with Gasteiger partial charge in [-0.25, -0.2) is 18.6 Å². The first-order chi connectivity index (χ1) is 14.3. The van der Waals surface area contributed by atoms with Gasteiger partial charge in [0.1, 0.15) is 11.4 Å². The van der Waals surface area contributed by atoms with Crippen molar-refractivity contribution in [3.63, 3.8) is 0 Å². The number of nitrogens with zero attached hydrogens (tertiary/aromatic N) is 2. The summed E-state index contributed by atoms with van der Waals surface area (Å²) in [5.41, 5.74) is 8.69. The molecule has 1 saturated heterocycles.